The van der Waals surface area contributed by atoms with Crippen LogP contribution in [0.2, 0.25) is 0 Å². The second-order valence-corrected chi connectivity index (χ2v) is 9.59. The SMILES string of the molecule is C[C@@H]1CCCC[C@@H]1NC(=O)COC(=O)c1cccc(S(=O)(=O)N2CCCC2)c1. The predicted octanol–water partition coefficient (Wildman–Crippen LogP) is 2.32. The maximum Gasteiger partial charge on any atom is 0.338 e. The third-order valence-electron chi connectivity index (χ3n) is 5.56. The van der Waals surface area contributed by atoms with Crippen molar-refractivity contribution >= 4 is 21.9 Å². The van der Waals surface area contributed by atoms with Crippen molar-refractivity contribution in [1.29, 1.82) is 0 Å². The maximum atomic E-state index is 12.6. The van der Waals surface area contributed by atoms with Gasteiger partial charge in [-0.05, 0) is 49.8 Å². The number of rotatable bonds is 6. The van der Waals surface area contributed by atoms with Gasteiger partial charge in [0.2, 0.25) is 10.0 Å². The first-order valence-electron chi connectivity index (χ1n) is 9.94. The molecule has 0 bridgehead atoms. The highest BCUT2D eigenvalue weighted by molar-refractivity contribution is 7.89. The number of ether oxygens (including phenoxy) is 1. The number of carbonyl (C=O) groups excluding carboxylic acids is 2. The lowest BCUT2D eigenvalue weighted by atomic mass is 9.86. The number of hydrogen-bond donors (Lipinski definition) is 1. The average Bonchev–Trinajstić information content (AvgIpc) is 3.24. The Morgan fingerprint density at radius 3 is 2.57 bits per heavy atom. The molecule has 1 heterocycles. The Bertz CT molecular complexity index is 818. The van der Waals surface area contributed by atoms with Crippen LogP contribution in [0, 0.1) is 5.92 Å². The van der Waals surface area contributed by atoms with Gasteiger partial charge in [0.1, 0.15) is 0 Å². The lowest BCUT2D eigenvalue weighted by Crippen LogP contribution is -2.42. The van der Waals surface area contributed by atoms with Crippen molar-refractivity contribution in [2.45, 2.75) is 56.4 Å². The molecule has 8 heteroatoms. The highest BCUT2D eigenvalue weighted by atomic mass is 32.2. The summed E-state index contributed by atoms with van der Waals surface area (Å²) in [5.74, 6) is -0.612. The van der Waals surface area contributed by atoms with E-state index in [4.69, 9.17) is 4.74 Å². The monoisotopic (exact) mass is 408 g/mol. The van der Waals surface area contributed by atoms with Crippen LogP contribution < -0.4 is 5.32 Å². The zero-order chi connectivity index (χ0) is 20.1. The van der Waals surface area contributed by atoms with E-state index in [1.165, 1.54) is 35.0 Å². The molecule has 2 fully saturated rings. The molecule has 1 aromatic carbocycles. The van der Waals surface area contributed by atoms with Gasteiger partial charge in [-0.2, -0.15) is 4.31 Å². The molecular formula is C20H28N2O5S. The molecule has 0 aromatic heterocycles. The highest BCUT2D eigenvalue weighted by Crippen LogP contribution is 2.24. The second kappa shape index (κ2) is 9.05. The molecular weight excluding hydrogens is 380 g/mol. The molecule has 1 N–H and O–H groups in total. The minimum Gasteiger partial charge on any atom is -0.452 e. The van der Waals surface area contributed by atoms with Crippen LogP contribution in [0.1, 0.15) is 55.8 Å². The first kappa shape index (κ1) is 20.8. The molecule has 0 spiro atoms. The molecule has 7 nitrogen and oxygen atoms in total. The van der Waals surface area contributed by atoms with Crippen molar-refractivity contribution in [1.82, 2.24) is 9.62 Å². The van der Waals surface area contributed by atoms with E-state index in [1.807, 2.05) is 0 Å². The molecule has 2 atom stereocenters. The molecule has 2 aliphatic rings. The first-order chi connectivity index (χ1) is 13.4. The summed E-state index contributed by atoms with van der Waals surface area (Å²) in [4.78, 5) is 24.5. The maximum absolute atomic E-state index is 12.6. The summed E-state index contributed by atoms with van der Waals surface area (Å²) in [7, 11) is -3.61. The number of nitrogens with one attached hydrogen (secondary N) is 1. The predicted molar refractivity (Wildman–Crippen MR) is 104 cm³/mol. The third-order valence-corrected chi connectivity index (χ3v) is 7.46. The van der Waals surface area contributed by atoms with Gasteiger partial charge < -0.3 is 10.1 Å². The number of benzene rings is 1. The molecule has 28 heavy (non-hydrogen) atoms. The van der Waals surface area contributed by atoms with Crippen molar-refractivity contribution in [2.24, 2.45) is 5.92 Å². The fraction of sp³-hybridized carbons (Fsp3) is 0.600. The number of sulfonamides is 1. The van der Waals surface area contributed by atoms with Crippen LogP contribution in [-0.2, 0) is 19.6 Å². The van der Waals surface area contributed by atoms with Gasteiger partial charge in [0.05, 0.1) is 10.5 Å². The lowest BCUT2D eigenvalue weighted by Gasteiger charge is -2.29. The normalized spacial score (nSPS) is 23.3. The summed E-state index contributed by atoms with van der Waals surface area (Å²) < 4.78 is 31.8. The van der Waals surface area contributed by atoms with Gasteiger partial charge >= 0.3 is 5.97 Å². The highest BCUT2D eigenvalue weighted by Gasteiger charge is 2.28. The van der Waals surface area contributed by atoms with E-state index in [0.717, 1.165) is 32.1 Å². The van der Waals surface area contributed by atoms with Crippen LogP contribution in [0.5, 0.6) is 0 Å². The third kappa shape index (κ3) is 4.91. The average molecular weight is 409 g/mol. The van der Waals surface area contributed by atoms with Crippen LogP contribution in [0.15, 0.2) is 29.2 Å². The minimum atomic E-state index is -3.61. The van der Waals surface area contributed by atoms with Gasteiger partial charge in [0.15, 0.2) is 6.61 Å². The van der Waals surface area contributed by atoms with Gasteiger partial charge in [-0.15, -0.1) is 0 Å². The Morgan fingerprint density at radius 1 is 1.14 bits per heavy atom. The topological polar surface area (TPSA) is 92.8 Å². The molecule has 1 aromatic rings. The van der Waals surface area contributed by atoms with Gasteiger partial charge in [-0.1, -0.05) is 25.8 Å². The van der Waals surface area contributed by atoms with Crippen LogP contribution in [0.4, 0.5) is 0 Å². The van der Waals surface area contributed by atoms with Crippen molar-refractivity contribution in [3.05, 3.63) is 29.8 Å². The molecule has 0 radical (unpaired) electrons. The Kier molecular flexibility index (Phi) is 6.72. The van der Waals surface area contributed by atoms with Gasteiger partial charge in [-0.25, -0.2) is 13.2 Å². The van der Waals surface area contributed by atoms with E-state index in [-0.39, 0.29) is 29.0 Å². The molecule has 1 aliphatic carbocycles. The zero-order valence-corrected chi connectivity index (χ0v) is 17.0. The molecule has 1 saturated carbocycles. The van der Waals surface area contributed by atoms with E-state index in [9.17, 15) is 18.0 Å². The number of esters is 1. The van der Waals surface area contributed by atoms with E-state index < -0.39 is 16.0 Å². The summed E-state index contributed by atoms with van der Waals surface area (Å²) in [6.07, 6.45) is 5.98. The summed E-state index contributed by atoms with van der Waals surface area (Å²) in [6.45, 7) is 2.74. The number of amides is 1. The van der Waals surface area contributed by atoms with Crippen LogP contribution in [0.25, 0.3) is 0 Å². The molecule has 154 valence electrons. The number of carbonyl (C=O) groups is 2. The fourth-order valence-electron chi connectivity index (χ4n) is 3.85. The quantitative estimate of drug-likeness (QED) is 0.729. The fourth-order valence-corrected chi connectivity index (χ4v) is 5.42. The Balaban J connectivity index is 1.58. The van der Waals surface area contributed by atoms with E-state index in [1.54, 1.807) is 0 Å². The summed E-state index contributed by atoms with van der Waals surface area (Å²) in [5, 5.41) is 2.93. The van der Waals surface area contributed by atoms with Crippen molar-refractivity contribution in [3.63, 3.8) is 0 Å². The molecule has 1 saturated heterocycles. The Morgan fingerprint density at radius 2 is 1.86 bits per heavy atom. The van der Waals surface area contributed by atoms with E-state index in [0.29, 0.717) is 19.0 Å². The van der Waals surface area contributed by atoms with Crippen LogP contribution in [0.3, 0.4) is 0 Å². The van der Waals surface area contributed by atoms with Crippen LogP contribution >= 0.6 is 0 Å². The van der Waals surface area contributed by atoms with Gasteiger partial charge in [-0.3, -0.25) is 4.79 Å². The Labute approximate surface area is 166 Å². The van der Waals surface area contributed by atoms with Crippen LogP contribution in [-0.4, -0.2) is 50.3 Å². The van der Waals surface area contributed by atoms with Crippen molar-refractivity contribution in [3.8, 4) is 0 Å². The largest absolute Gasteiger partial charge is 0.452 e. The lowest BCUT2D eigenvalue weighted by molar-refractivity contribution is -0.125. The molecule has 1 aliphatic heterocycles. The van der Waals surface area contributed by atoms with E-state index >= 15 is 0 Å². The molecule has 1 amide bonds. The van der Waals surface area contributed by atoms with Gasteiger partial charge in [0.25, 0.3) is 5.91 Å². The standard InChI is InChI=1S/C20H28N2O5S/c1-15-7-2-3-10-18(15)21-19(23)14-27-20(24)16-8-6-9-17(13-16)28(25,26)22-11-4-5-12-22/h6,8-9,13,15,18H,2-5,7,10-12,14H2,1H3,(H,21,23)/t15-,18+/m1/s1. The zero-order valence-electron chi connectivity index (χ0n) is 16.2. The minimum absolute atomic E-state index is 0.0735. The van der Waals surface area contributed by atoms with Crippen molar-refractivity contribution in [2.75, 3.05) is 19.7 Å². The molecule has 0 unspecified atom stereocenters. The summed E-state index contributed by atoms with van der Waals surface area (Å²) >= 11 is 0. The molecule has 3 rings (SSSR count). The van der Waals surface area contributed by atoms with Gasteiger partial charge in [0, 0.05) is 19.1 Å². The smallest absolute Gasteiger partial charge is 0.338 e. The van der Waals surface area contributed by atoms with E-state index in [2.05, 4.69) is 12.2 Å². The summed E-state index contributed by atoms with van der Waals surface area (Å²) in [5.41, 5.74) is 0.124. The van der Waals surface area contributed by atoms with Crippen molar-refractivity contribution < 1.29 is 22.7 Å². The summed E-state index contributed by atoms with van der Waals surface area (Å²) in [6, 6.07) is 5.92. The second-order valence-electron chi connectivity index (χ2n) is 7.65. The number of hydrogen-bond acceptors (Lipinski definition) is 5. The number of nitrogens with zero attached hydrogens (tertiary/aromatic N) is 1. The Hall–Kier alpha value is -1.93. The first-order valence-corrected chi connectivity index (χ1v) is 11.4.